The van der Waals surface area contributed by atoms with Crippen LogP contribution in [0.3, 0.4) is 0 Å². The van der Waals surface area contributed by atoms with Gasteiger partial charge in [0.2, 0.25) is 11.8 Å². The number of carbonyl (C=O) groups is 1. The number of fused-ring (bicyclic) bond motifs is 1. The fourth-order valence-corrected chi connectivity index (χ4v) is 3.47. The predicted molar refractivity (Wildman–Crippen MR) is 98.0 cm³/mol. The molecular formula is C19H21N5O3. The van der Waals surface area contributed by atoms with Gasteiger partial charge < -0.3 is 14.4 Å². The lowest BCUT2D eigenvalue weighted by molar-refractivity contribution is -0.132. The molecule has 140 valence electrons. The van der Waals surface area contributed by atoms with E-state index in [9.17, 15) is 9.59 Å². The van der Waals surface area contributed by atoms with Crippen molar-refractivity contribution in [2.75, 3.05) is 6.54 Å². The molecule has 1 N–H and O–H groups in total. The first kappa shape index (κ1) is 17.4. The number of benzene rings is 1. The lowest BCUT2D eigenvalue weighted by Gasteiger charge is -2.21. The fourth-order valence-electron chi connectivity index (χ4n) is 3.47. The zero-order valence-electron chi connectivity index (χ0n) is 15.1. The van der Waals surface area contributed by atoms with Gasteiger partial charge in [0.1, 0.15) is 11.7 Å². The smallest absolute Gasteiger partial charge is 0.270 e. The SMILES string of the molecule is CCc1noc([C@@H]2CCCN2C(=O)CCc2nc3ccccc3[nH]c2=O)n1. The van der Waals surface area contributed by atoms with Crippen LogP contribution in [0.1, 0.15) is 49.6 Å². The number of para-hydroxylation sites is 2. The van der Waals surface area contributed by atoms with Crippen LogP contribution >= 0.6 is 0 Å². The number of nitrogens with one attached hydrogen (secondary N) is 1. The minimum absolute atomic E-state index is 0.0249. The number of likely N-dealkylation sites (tertiary alicyclic amines) is 1. The Kier molecular flexibility index (Phi) is 4.70. The predicted octanol–water partition coefficient (Wildman–Crippen LogP) is 2.16. The average Bonchev–Trinajstić information content (AvgIpc) is 3.34. The van der Waals surface area contributed by atoms with Crippen molar-refractivity contribution in [3.63, 3.8) is 0 Å². The largest absolute Gasteiger partial charge is 0.337 e. The summed E-state index contributed by atoms with van der Waals surface area (Å²) in [5, 5.41) is 3.93. The van der Waals surface area contributed by atoms with Gasteiger partial charge in [0.25, 0.3) is 5.56 Å². The van der Waals surface area contributed by atoms with E-state index in [1.807, 2.05) is 31.2 Å². The molecule has 2 aromatic heterocycles. The van der Waals surface area contributed by atoms with Crippen LogP contribution in [0.25, 0.3) is 11.0 Å². The number of H-pyrrole nitrogens is 1. The number of aromatic amines is 1. The third-order valence-electron chi connectivity index (χ3n) is 4.90. The maximum atomic E-state index is 12.7. The van der Waals surface area contributed by atoms with E-state index in [1.165, 1.54) is 0 Å². The second-order valence-electron chi connectivity index (χ2n) is 6.68. The van der Waals surface area contributed by atoms with Crippen molar-refractivity contribution >= 4 is 16.9 Å². The summed E-state index contributed by atoms with van der Waals surface area (Å²) in [6, 6.07) is 7.19. The lowest BCUT2D eigenvalue weighted by atomic mass is 10.2. The summed E-state index contributed by atoms with van der Waals surface area (Å²) in [6.07, 6.45) is 2.92. The molecule has 27 heavy (non-hydrogen) atoms. The van der Waals surface area contributed by atoms with Crippen LogP contribution in [0.2, 0.25) is 0 Å². The monoisotopic (exact) mass is 367 g/mol. The number of aryl methyl sites for hydroxylation is 2. The van der Waals surface area contributed by atoms with Gasteiger partial charge in [-0.3, -0.25) is 9.59 Å². The molecule has 1 saturated heterocycles. The van der Waals surface area contributed by atoms with Gasteiger partial charge in [0, 0.05) is 25.8 Å². The van der Waals surface area contributed by atoms with Gasteiger partial charge in [-0.25, -0.2) is 4.98 Å². The van der Waals surface area contributed by atoms with Crippen LogP contribution in [0.15, 0.2) is 33.6 Å². The molecule has 3 aromatic rings. The number of carbonyl (C=O) groups excluding carboxylic acids is 1. The Bertz CT molecular complexity index is 1030. The van der Waals surface area contributed by atoms with Crippen molar-refractivity contribution in [2.45, 2.75) is 45.1 Å². The molecule has 1 amide bonds. The minimum atomic E-state index is -0.246. The number of hydrogen-bond acceptors (Lipinski definition) is 6. The Morgan fingerprint density at radius 1 is 1.33 bits per heavy atom. The van der Waals surface area contributed by atoms with E-state index >= 15 is 0 Å². The van der Waals surface area contributed by atoms with Gasteiger partial charge in [-0.05, 0) is 25.0 Å². The normalized spacial score (nSPS) is 16.9. The second kappa shape index (κ2) is 7.30. The summed E-state index contributed by atoms with van der Waals surface area (Å²) in [4.78, 5) is 38.3. The summed E-state index contributed by atoms with van der Waals surface area (Å²) < 4.78 is 5.33. The Hall–Kier alpha value is -3.03. The van der Waals surface area contributed by atoms with Crippen molar-refractivity contribution in [1.29, 1.82) is 0 Å². The Labute approximate surface area is 155 Å². The van der Waals surface area contributed by atoms with Crippen LogP contribution in [0.5, 0.6) is 0 Å². The van der Waals surface area contributed by atoms with Crippen LogP contribution in [0, 0.1) is 0 Å². The van der Waals surface area contributed by atoms with E-state index in [1.54, 1.807) is 4.90 Å². The summed E-state index contributed by atoms with van der Waals surface area (Å²) >= 11 is 0. The van der Waals surface area contributed by atoms with Crippen LogP contribution in [-0.2, 0) is 17.6 Å². The molecule has 0 bridgehead atoms. The molecule has 1 aromatic carbocycles. The maximum absolute atomic E-state index is 12.7. The number of aromatic nitrogens is 4. The second-order valence-corrected chi connectivity index (χ2v) is 6.68. The first-order valence-electron chi connectivity index (χ1n) is 9.25. The van der Waals surface area contributed by atoms with E-state index in [0.717, 1.165) is 18.4 Å². The molecule has 1 atom stereocenters. The molecule has 1 aliphatic heterocycles. The van der Waals surface area contributed by atoms with Crippen molar-refractivity contribution < 1.29 is 9.32 Å². The highest BCUT2D eigenvalue weighted by Crippen LogP contribution is 2.31. The Balaban J connectivity index is 1.47. The standard InChI is InChI=1S/C19H21N5O3/c1-2-16-22-19(27-23-16)15-8-5-11-24(15)17(25)10-9-14-18(26)21-13-7-4-3-6-12(13)20-14/h3-4,6-7,15H,2,5,8-11H2,1H3,(H,21,26)/t15-/m0/s1. The van der Waals surface area contributed by atoms with Crippen LogP contribution in [0.4, 0.5) is 0 Å². The van der Waals surface area contributed by atoms with Crippen molar-refractivity contribution in [1.82, 2.24) is 25.0 Å². The molecule has 0 saturated carbocycles. The van der Waals surface area contributed by atoms with E-state index < -0.39 is 0 Å². The Morgan fingerprint density at radius 2 is 2.19 bits per heavy atom. The number of nitrogens with zero attached hydrogens (tertiary/aromatic N) is 4. The quantitative estimate of drug-likeness (QED) is 0.741. The molecule has 8 nitrogen and oxygen atoms in total. The first-order chi connectivity index (χ1) is 13.2. The highest BCUT2D eigenvalue weighted by molar-refractivity contribution is 5.77. The van der Waals surface area contributed by atoms with Gasteiger partial charge in [-0.1, -0.05) is 24.2 Å². The first-order valence-corrected chi connectivity index (χ1v) is 9.25. The van der Waals surface area contributed by atoms with Crippen molar-refractivity contribution in [3.8, 4) is 0 Å². The van der Waals surface area contributed by atoms with E-state index in [2.05, 4.69) is 20.1 Å². The molecule has 1 aliphatic rings. The molecule has 1 fully saturated rings. The zero-order valence-corrected chi connectivity index (χ0v) is 15.1. The minimum Gasteiger partial charge on any atom is -0.337 e. The van der Waals surface area contributed by atoms with Gasteiger partial charge in [-0.2, -0.15) is 4.98 Å². The summed E-state index contributed by atoms with van der Waals surface area (Å²) in [5.41, 5.74) is 1.55. The molecule has 8 heteroatoms. The third-order valence-corrected chi connectivity index (χ3v) is 4.90. The van der Waals surface area contributed by atoms with E-state index in [-0.39, 0.29) is 23.9 Å². The highest BCUT2D eigenvalue weighted by Gasteiger charge is 2.33. The summed E-state index contributed by atoms with van der Waals surface area (Å²) in [6.45, 7) is 2.62. The maximum Gasteiger partial charge on any atom is 0.270 e. The highest BCUT2D eigenvalue weighted by atomic mass is 16.5. The average molecular weight is 367 g/mol. The lowest BCUT2D eigenvalue weighted by Crippen LogP contribution is -2.31. The third kappa shape index (κ3) is 3.47. The van der Waals surface area contributed by atoms with Gasteiger partial charge in [0.15, 0.2) is 5.82 Å². The number of rotatable bonds is 5. The summed E-state index contributed by atoms with van der Waals surface area (Å²) in [7, 11) is 0. The molecule has 0 aliphatic carbocycles. The Morgan fingerprint density at radius 3 is 3.00 bits per heavy atom. The van der Waals surface area contributed by atoms with Gasteiger partial charge >= 0.3 is 0 Å². The van der Waals surface area contributed by atoms with Crippen molar-refractivity contribution in [2.24, 2.45) is 0 Å². The van der Waals surface area contributed by atoms with Gasteiger partial charge in [0.05, 0.1) is 11.0 Å². The molecular weight excluding hydrogens is 346 g/mol. The van der Waals surface area contributed by atoms with Crippen LogP contribution < -0.4 is 5.56 Å². The molecule has 3 heterocycles. The zero-order chi connectivity index (χ0) is 18.8. The van der Waals surface area contributed by atoms with Crippen LogP contribution in [-0.4, -0.2) is 37.5 Å². The number of amides is 1. The molecule has 0 unspecified atom stereocenters. The van der Waals surface area contributed by atoms with E-state index in [0.29, 0.717) is 42.3 Å². The van der Waals surface area contributed by atoms with Crippen molar-refractivity contribution in [3.05, 3.63) is 52.0 Å². The summed E-state index contributed by atoms with van der Waals surface area (Å²) in [5.74, 6) is 1.12. The fraction of sp³-hybridized carbons (Fsp3) is 0.421. The number of hydrogen-bond donors (Lipinski definition) is 1. The molecule has 0 spiro atoms. The van der Waals surface area contributed by atoms with E-state index in [4.69, 9.17) is 4.52 Å². The topological polar surface area (TPSA) is 105 Å². The molecule has 0 radical (unpaired) electrons. The molecule has 4 rings (SSSR count). The van der Waals surface area contributed by atoms with Gasteiger partial charge in [-0.15, -0.1) is 0 Å².